The van der Waals surface area contributed by atoms with Gasteiger partial charge in [0, 0.05) is 26.2 Å². The van der Waals surface area contributed by atoms with Gasteiger partial charge >= 0.3 is 0 Å². The Hall–Kier alpha value is -3.00. The second-order valence-corrected chi connectivity index (χ2v) is 6.95. The fourth-order valence-electron chi connectivity index (χ4n) is 3.11. The lowest BCUT2D eigenvalue weighted by Crippen LogP contribution is -2.44. The number of aromatic amines is 1. The van der Waals surface area contributed by atoms with E-state index in [1.165, 1.54) is 11.3 Å². The van der Waals surface area contributed by atoms with E-state index in [2.05, 4.69) is 27.0 Å². The number of likely N-dealkylation sites (N-methyl/N-ethyl adjacent to an activating group) is 1. The lowest BCUT2D eigenvalue weighted by Gasteiger charge is -2.35. The van der Waals surface area contributed by atoms with Gasteiger partial charge in [-0.3, -0.25) is 4.79 Å². The largest absolute Gasteiger partial charge is 0.495 e. The molecule has 0 bridgehead atoms. The smallest absolute Gasteiger partial charge is 0.285 e. The number of nitrogens with zero attached hydrogens (tertiary/aromatic N) is 4. The molecule has 0 aliphatic carbocycles. The maximum Gasteiger partial charge on any atom is 0.285 e. The molecular weight excluding hydrogens is 398 g/mol. The van der Waals surface area contributed by atoms with Gasteiger partial charge in [0.2, 0.25) is 6.26 Å². The normalized spacial score (nSPS) is 14.2. The first-order chi connectivity index (χ1) is 14.0. The second kappa shape index (κ2) is 9.47. The summed E-state index contributed by atoms with van der Waals surface area (Å²) < 4.78 is 5.54. The molecule has 3 rings (SSSR count). The minimum Gasteiger partial charge on any atom is -0.495 e. The van der Waals surface area contributed by atoms with Gasteiger partial charge in [-0.05, 0) is 24.7 Å². The molecule has 0 unspecified atom stereocenters. The van der Waals surface area contributed by atoms with Gasteiger partial charge in [0.1, 0.15) is 16.5 Å². The average Bonchev–Trinajstić information content (AvgIpc) is 2.73. The number of hydrogen-bond acceptors (Lipinski definition) is 8. The highest BCUT2D eigenvalue weighted by molar-refractivity contribution is 6.32. The molecule has 1 aromatic heterocycles. The van der Waals surface area contributed by atoms with Crippen LogP contribution in [0.25, 0.3) is 0 Å². The number of carbonyl (C=O) groups excluding carboxylic acids is 1. The summed E-state index contributed by atoms with van der Waals surface area (Å²) in [5.41, 5.74) is 1.52. The van der Waals surface area contributed by atoms with Gasteiger partial charge in [-0.25, -0.2) is 15.0 Å². The van der Waals surface area contributed by atoms with Crippen molar-refractivity contribution in [2.24, 2.45) is 0 Å². The predicted molar refractivity (Wildman–Crippen MR) is 110 cm³/mol. The minimum absolute atomic E-state index is 0.0906. The van der Waals surface area contributed by atoms with E-state index in [0.29, 0.717) is 0 Å². The topological polar surface area (TPSA) is 91.0 Å². The minimum atomic E-state index is -0.555. The van der Waals surface area contributed by atoms with Crippen LogP contribution in [0.1, 0.15) is 5.56 Å². The first-order valence-electron chi connectivity index (χ1n) is 9.00. The highest BCUT2D eigenvalue weighted by Gasteiger charge is 2.20. The number of halogens is 1. The van der Waals surface area contributed by atoms with E-state index in [-0.39, 0.29) is 17.3 Å². The van der Waals surface area contributed by atoms with E-state index >= 15 is 0 Å². The van der Waals surface area contributed by atoms with Crippen molar-refractivity contribution < 1.29 is 14.4 Å². The number of nitrogens with one attached hydrogen (secondary N) is 1. The summed E-state index contributed by atoms with van der Waals surface area (Å²) in [5.74, 6) is 2.32. The molecule has 0 radical (unpaired) electrons. The Kier molecular flexibility index (Phi) is 6.77. The summed E-state index contributed by atoms with van der Waals surface area (Å²) in [5, 5.41) is 7.22. The summed E-state index contributed by atoms with van der Waals surface area (Å²) in [7, 11) is 3.74. The Morgan fingerprint density at radius 3 is 2.79 bits per heavy atom. The number of methoxy groups -OCH3 is 1. The van der Waals surface area contributed by atoms with E-state index < -0.39 is 5.56 Å². The van der Waals surface area contributed by atoms with E-state index in [1.54, 1.807) is 13.1 Å². The number of anilines is 2. The van der Waals surface area contributed by atoms with Crippen LogP contribution in [0.15, 0.2) is 35.5 Å². The highest BCUT2D eigenvalue weighted by atomic mass is 35.5. The van der Waals surface area contributed by atoms with Crippen LogP contribution in [0.4, 0.5) is 11.4 Å². The van der Waals surface area contributed by atoms with Crippen molar-refractivity contribution in [1.29, 1.82) is 0 Å². The number of aromatic nitrogens is 2. The number of rotatable bonds is 7. The molecule has 1 aliphatic heterocycles. The zero-order valence-electron chi connectivity index (χ0n) is 16.2. The van der Waals surface area contributed by atoms with Gasteiger partial charge in [0.25, 0.3) is 5.56 Å². The number of ether oxygens (including phenoxy) is 1. The lowest BCUT2D eigenvalue weighted by atomic mass is 10.1. The molecule has 0 spiro atoms. The highest BCUT2D eigenvalue weighted by Crippen LogP contribution is 2.31. The van der Waals surface area contributed by atoms with Crippen molar-refractivity contribution in [3.63, 3.8) is 0 Å². The third-order valence-corrected chi connectivity index (χ3v) is 5.05. The molecule has 1 N–H and O–H groups in total. The van der Waals surface area contributed by atoms with E-state index in [1.807, 2.05) is 18.2 Å². The summed E-state index contributed by atoms with van der Waals surface area (Å²) in [6.45, 7) is 3.90. The Balaban J connectivity index is 1.91. The molecule has 1 aliphatic rings. The van der Waals surface area contributed by atoms with Crippen molar-refractivity contribution in [1.82, 2.24) is 15.1 Å². The van der Waals surface area contributed by atoms with Crippen LogP contribution in [0.2, 0.25) is 5.02 Å². The Labute approximate surface area is 173 Å². The maximum absolute atomic E-state index is 11.8. The van der Waals surface area contributed by atoms with Gasteiger partial charge in [-0.15, -0.1) is 0 Å². The Morgan fingerprint density at radius 1 is 1.34 bits per heavy atom. The van der Waals surface area contributed by atoms with Crippen LogP contribution in [-0.2, 0) is 16.2 Å². The number of hydroxylamine groups is 1. The van der Waals surface area contributed by atoms with Crippen LogP contribution in [0.5, 0.6) is 5.75 Å². The molecule has 154 valence electrons. The standard InChI is InChI=1S/C19H22ClN5O4/c1-23-5-7-24(8-6-23)15-11-14(3-4-17(15)28-2)13-25(29-10-9-26)16-12-21-22-19(27)18(16)20/h3-4,10-12H,5-8,13H2,1-2H3,(H,22,27). The third kappa shape index (κ3) is 4.89. The van der Waals surface area contributed by atoms with Crippen LogP contribution in [-0.4, -0.2) is 61.4 Å². The molecule has 2 heterocycles. The Bertz CT molecular complexity index is 952. The summed E-state index contributed by atoms with van der Waals surface area (Å²) in [4.78, 5) is 32.3. The zero-order valence-corrected chi connectivity index (χ0v) is 17.0. The fourth-order valence-corrected chi connectivity index (χ4v) is 3.29. The van der Waals surface area contributed by atoms with Crippen molar-refractivity contribution in [2.45, 2.75) is 6.54 Å². The first-order valence-corrected chi connectivity index (χ1v) is 9.38. The third-order valence-electron chi connectivity index (χ3n) is 4.69. The van der Waals surface area contributed by atoms with Crippen LogP contribution in [0, 0.1) is 0 Å². The molecule has 2 aromatic rings. The number of hydrogen-bond donors (Lipinski definition) is 1. The lowest BCUT2D eigenvalue weighted by molar-refractivity contribution is 0.212. The number of H-pyrrole nitrogens is 1. The summed E-state index contributed by atoms with van der Waals surface area (Å²) >= 11 is 6.10. The van der Waals surface area contributed by atoms with Gasteiger partial charge in [-0.1, -0.05) is 17.7 Å². The summed E-state index contributed by atoms with van der Waals surface area (Å²) in [6, 6.07) is 5.77. The molecular formula is C19H22ClN5O4. The molecule has 0 atom stereocenters. The SMILES string of the molecule is COc1ccc(CN(OC=C=O)c2cn[nH]c(=O)c2Cl)cc1N1CCN(C)CC1. The van der Waals surface area contributed by atoms with Crippen molar-refractivity contribution >= 4 is 28.9 Å². The molecule has 9 nitrogen and oxygen atoms in total. The molecule has 0 amide bonds. The molecule has 10 heteroatoms. The van der Waals surface area contributed by atoms with Crippen molar-refractivity contribution in [3.8, 4) is 5.75 Å². The molecule has 1 fully saturated rings. The van der Waals surface area contributed by atoms with E-state index in [0.717, 1.165) is 49.4 Å². The number of benzene rings is 1. The Morgan fingerprint density at radius 2 is 2.10 bits per heavy atom. The molecule has 29 heavy (non-hydrogen) atoms. The van der Waals surface area contributed by atoms with E-state index in [9.17, 15) is 9.59 Å². The fraction of sp³-hybridized carbons (Fsp3) is 0.368. The molecule has 1 saturated heterocycles. The van der Waals surface area contributed by atoms with Crippen molar-refractivity contribution in [3.05, 3.63) is 51.6 Å². The molecule has 0 saturated carbocycles. The van der Waals surface area contributed by atoms with Gasteiger partial charge in [-0.2, -0.15) is 5.10 Å². The average molecular weight is 420 g/mol. The van der Waals surface area contributed by atoms with Crippen LogP contribution in [0.3, 0.4) is 0 Å². The molecule has 1 aromatic carbocycles. The monoisotopic (exact) mass is 419 g/mol. The summed E-state index contributed by atoms with van der Waals surface area (Å²) in [6.07, 6.45) is 2.20. The van der Waals surface area contributed by atoms with Gasteiger partial charge < -0.3 is 19.4 Å². The van der Waals surface area contributed by atoms with Crippen molar-refractivity contribution in [2.75, 3.05) is 50.3 Å². The second-order valence-electron chi connectivity index (χ2n) is 6.57. The quantitative estimate of drug-likeness (QED) is 0.410. The predicted octanol–water partition coefficient (Wildman–Crippen LogP) is 1.47. The van der Waals surface area contributed by atoms with Crippen LogP contribution < -0.4 is 20.3 Å². The van der Waals surface area contributed by atoms with Gasteiger partial charge in [0.05, 0.1) is 25.5 Å². The first kappa shape index (κ1) is 20.7. The van der Waals surface area contributed by atoms with E-state index in [4.69, 9.17) is 21.2 Å². The van der Waals surface area contributed by atoms with Crippen LogP contribution >= 0.6 is 11.6 Å². The zero-order chi connectivity index (χ0) is 20.8. The number of piperazine rings is 1. The van der Waals surface area contributed by atoms with Gasteiger partial charge in [0.15, 0.2) is 5.94 Å². The maximum atomic E-state index is 11.8.